The second-order valence-electron chi connectivity index (χ2n) is 8.27. The van der Waals surface area contributed by atoms with Crippen LogP contribution in [0.15, 0.2) is 55.0 Å². The Morgan fingerprint density at radius 1 is 1.15 bits per heavy atom. The maximum atomic E-state index is 13.1. The molecule has 0 bridgehead atoms. The summed E-state index contributed by atoms with van der Waals surface area (Å²) in [5.41, 5.74) is 5.58. The van der Waals surface area contributed by atoms with Crippen molar-refractivity contribution >= 4 is 5.91 Å². The van der Waals surface area contributed by atoms with Gasteiger partial charge >= 0.3 is 0 Å². The largest absolute Gasteiger partial charge is 0.347 e. The Balaban J connectivity index is 1.44. The highest BCUT2D eigenvalue weighted by molar-refractivity contribution is 5.94. The molecule has 1 atom stereocenters. The molecule has 6 nitrogen and oxygen atoms in total. The van der Waals surface area contributed by atoms with Crippen LogP contribution in [0.5, 0.6) is 0 Å². The van der Waals surface area contributed by atoms with E-state index in [0.29, 0.717) is 24.2 Å². The van der Waals surface area contributed by atoms with Crippen molar-refractivity contribution in [1.29, 1.82) is 5.26 Å². The Labute approximate surface area is 194 Å². The van der Waals surface area contributed by atoms with Crippen LogP contribution in [0, 0.1) is 30.1 Å². The molecule has 33 heavy (non-hydrogen) atoms. The van der Waals surface area contributed by atoms with Crippen molar-refractivity contribution in [3.05, 3.63) is 88.5 Å². The molecule has 1 fully saturated rings. The predicted octanol–water partition coefficient (Wildman–Crippen LogP) is 3.70. The minimum Gasteiger partial charge on any atom is -0.347 e. The number of nitriles is 1. The lowest BCUT2D eigenvalue weighted by Crippen LogP contribution is -2.50. The lowest BCUT2D eigenvalue weighted by molar-refractivity contribution is 0.0562. The molecule has 6 heteroatoms. The van der Waals surface area contributed by atoms with Crippen molar-refractivity contribution < 1.29 is 4.79 Å². The van der Waals surface area contributed by atoms with E-state index in [1.54, 1.807) is 6.33 Å². The molecule has 1 unspecified atom stereocenters. The fourth-order valence-corrected chi connectivity index (χ4v) is 4.31. The number of hydrogen-bond acceptors (Lipinski definition) is 4. The van der Waals surface area contributed by atoms with E-state index in [1.165, 1.54) is 0 Å². The highest BCUT2D eigenvalue weighted by Gasteiger charge is 2.28. The van der Waals surface area contributed by atoms with E-state index in [-0.39, 0.29) is 11.9 Å². The van der Waals surface area contributed by atoms with Gasteiger partial charge in [0.15, 0.2) is 0 Å². The van der Waals surface area contributed by atoms with E-state index >= 15 is 0 Å². The minimum absolute atomic E-state index is 0.0685. The molecular weight excluding hydrogens is 410 g/mol. The number of piperazine rings is 1. The van der Waals surface area contributed by atoms with Gasteiger partial charge in [0.1, 0.15) is 0 Å². The van der Waals surface area contributed by atoms with Gasteiger partial charge < -0.3 is 9.88 Å². The summed E-state index contributed by atoms with van der Waals surface area (Å²) in [4.78, 5) is 24.9. The number of hydrogen-bond donors (Lipinski definition) is 1. The van der Waals surface area contributed by atoms with Crippen molar-refractivity contribution in [1.82, 2.24) is 19.8 Å². The third-order valence-corrected chi connectivity index (χ3v) is 6.17. The van der Waals surface area contributed by atoms with E-state index in [2.05, 4.69) is 32.8 Å². The minimum atomic E-state index is 0.0685. The van der Waals surface area contributed by atoms with Gasteiger partial charge in [-0.25, -0.2) is 4.98 Å². The fraction of sp³-hybridized carbons (Fsp3) is 0.296. The van der Waals surface area contributed by atoms with Crippen LogP contribution in [-0.4, -0.2) is 51.9 Å². The van der Waals surface area contributed by atoms with Gasteiger partial charge in [-0.05, 0) is 61.7 Å². The van der Waals surface area contributed by atoms with Crippen LogP contribution in [0.2, 0.25) is 0 Å². The van der Waals surface area contributed by atoms with Crippen molar-refractivity contribution in [3.63, 3.8) is 0 Å². The summed E-state index contributed by atoms with van der Waals surface area (Å²) < 4.78 is 0. The zero-order valence-electron chi connectivity index (χ0n) is 19.0. The second-order valence-corrected chi connectivity index (χ2v) is 8.27. The van der Waals surface area contributed by atoms with Gasteiger partial charge in [0.05, 0.1) is 29.7 Å². The topological polar surface area (TPSA) is 76.0 Å². The van der Waals surface area contributed by atoms with Gasteiger partial charge in [-0.3, -0.25) is 9.69 Å². The van der Waals surface area contributed by atoms with Crippen LogP contribution in [0.4, 0.5) is 0 Å². The molecule has 166 valence electrons. The van der Waals surface area contributed by atoms with Crippen LogP contribution < -0.4 is 0 Å². The SMILES string of the molecule is CC#Cc1ccc(C(=O)N2CCN(C(Cc3ccc(C#N)cc3)c3cnc[nH]3)CC2)cc1C. The van der Waals surface area contributed by atoms with Gasteiger partial charge in [0.2, 0.25) is 0 Å². The van der Waals surface area contributed by atoms with Gasteiger partial charge in [0.25, 0.3) is 5.91 Å². The number of aromatic nitrogens is 2. The quantitative estimate of drug-likeness (QED) is 0.618. The second kappa shape index (κ2) is 10.2. The van der Waals surface area contributed by atoms with Crippen LogP contribution in [0.3, 0.4) is 0 Å². The van der Waals surface area contributed by atoms with Gasteiger partial charge in [-0.1, -0.05) is 18.1 Å². The molecule has 3 aromatic rings. The normalized spacial score (nSPS) is 14.8. The molecule has 1 saturated heterocycles. The van der Waals surface area contributed by atoms with Crippen molar-refractivity contribution in [2.24, 2.45) is 0 Å². The van der Waals surface area contributed by atoms with Crippen molar-refractivity contribution in [3.8, 4) is 17.9 Å². The van der Waals surface area contributed by atoms with E-state index < -0.39 is 0 Å². The first-order valence-electron chi connectivity index (χ1n) is 11.1. The molecule has 0 saturated carbocycles. The third kappa shape index (κ3) is 5.14. The molecular formula is C27H27N5O. The van der Waals surface area contributed by atoms with E-state index in [9.17, 15) is 4.79 Å². The molecule has 0 aliphatic carbocycles. The zero-order chi connectivity index (χ0) is 23.2. The number of rotatable bonds is 5. The lowest BCUT2D eigenvalue weighted by atomic mass is 10.00. The maximum Gasteiger partial charge on any atom is 0.253 e. The molecule has 0 spiro atoms. The number of nitrogens with one attached hydrogen (secondary N) is 1. The number of aryl methyl sites for hydroxylation is 1. The fourth-order valence-electron chi connectivity index (χ4n) is 4.31. The molecule has 1 amide bonds. The monoisotopic (exact) mass is 437 g/mol. The molecule has 2 heterocycles. The Hall–Kier alpha value is -3.87. The van der Waals surface area contributed by atoms with Crippen LogP contribution >= 0.6 is 0 Å². The Kier molecular flexibility index (Phi) is 6.88. The molecule has 1 aromatic heterocycles. The summed E-state index contributed by atoms with van der Waals surface area (Å²) in [7, 11) is 0. The summed E-state index contributed by atoms with van der Waals surface area (Å²) in [6, 6.07) is 15.8. The maximum absolute atomic E-state index is 13.1. The Morgan fingerprint density at radius 3 is 2.52 bits per heavy atom. The molecule has 2 aromatic carbocycles. The molecule has 1 aliphatic rings. The average Bonchev–Trinajstić information content (AvgIpc) is 3.39. The average molecular weight is 438 g/mol. The molecule has 0 radical (unpaired) electrons. The molecule has 1 N–H and O–H groups in total. The number of nitrogens with zero attached hydrogens (tertiary/aromatic N) is 4. The Morgan fingerprint density at radius 2 is 1.91 bits per heavy atom. The highest BCUT2D eigenvalue weighted by atomic mass is 16.2. The summed E-state index contributed by atoms with van der Waals surface area (Å²) in [6.45, 7) is 6.72. The summed E-state index contributed by atoms with van der Waals surface area (Å²) in [5, 5.41) is 9.06. The number of amides is 1. The van der Waals surface area contributed by atoms with E-state index in [1.807, 2.05) is 67.4 Å². The number of carbonyl (C=O) groups excluding carboxylic acids is 1. The first-order valence-corrected chi connectivity index (χ1v) is 11.1. The standard InChI is InChI=1S/C27H27N5O/c1-3-4-23-9-10-24(15-20(23)2)27(33)32-13-11-31(12-14-32)26(25-18-29-19-30-25)16-21-5-7-22(17-28)8-6-21/h5-10,15,18-19,26H,11-14,16H2,1-2H3,(H,29,30). The zero-order valence-corrected chi connectivity index (χ0v) is 19.0. The predicted molar refractivity (Wildman–Crippen MR) is 127 cm³/mol. The van der Waals surface area contributed by atoms with Crippen LogP contribution in [0.25, 0.3) is 0 Å². The lowest BCUT2D eigenvalue weighted by Gasteiger charge is -2.39. The highest BCUT2D eigenvalue weighted by Crippen LogP contribution is 2.25. The smallest absolute Gasteiger partial charge is 0.253 e. The third-order valence-electron chi connectivity index (χ3n) is 6.17. The number of carbonyl (C=O) groups is 1. The Bertz CT molecular complexity index is 1200. The van der Waals surface area contributed by atoms with E-state index in [0.717, 1.165) is 41.9 Å². The number of aromatic amines is 1. The first-order chi connectivity index (χ1) is 16.1. The van der Waals surface area contributed by atoms with E-state index in [4.69, 9.17) is 5.26 Å². The summed E-state index contributed by atoms with van der Waals surface area (Å²) in [6.07, 6.45) is 4.38. The number of H-pyrrole nitrogens is 1. The molecule has 1 aliphatic heterocycles. The summed E-state index contributed by atoms with van der Waals surface area (Å²) >= 11 is 0. The summed E-state index contributed by atoms with van der Waals surface area (Å²) in [5.74, 6) is 6.06. The van der Waals surface area contributed by atoms with Gasteiger partial charge in [0, 0.05) is 43.5 Å². The van der Waals surface area contributed by atoms with Gasteiger partial charge in [-0.2, -0.15) is 5.26 Å². The van der Waals surface area contributed by atoms with Crippen LogP contribution in [0.1, 0.15) is 51.3 Å². The molecule has 4 rings (SSSR count). The first kappa shape index (κ1) is 22.3. The van der Waals surface area contributed by atoms with Crippen molar-refractivity contribution in [2.75, 3.05) is 26.2 Å². The van der Waals surface area contributed by atoms with Crippen molar-refractivity contribution in [2.45, 2.75) is 26.3 Å². The van der Waals surface area contributed by atoms with Gasteiger partial charge in [-0.15, -0.1) is 5.92 Å². The van der Waals surface area contributed by atoms with Crippen LogP contribution in [-0.2, 0) is 6.42 Å². The number of imidazole rings is 1. The number of benzene rings is 2.